The van der Waals surface area contributed by atoms with E-state index in [1.54, 1.807) is 18.6 Å². The number of likely N-dealkylation sites (tertiary alicyclic amines) is 1. The van der Waals surface area contributed by atoms with E-state index in [1.165, 1.54) is 9.75 Å². The lowest BCUT2D eigenvalue weighted by Gasteiger charge is -2.42. The van der Waals surface area contributed by atoms with Gasteiger partial charge in [-0.3, -0.25) is 19.7 Å². The van der Waals surface area contributed by atoms with Crippen LogP contribution in [-0.2, 0) is 22.6 Å². The van der Waals surface area contributed by atoms with Crippen molar-refractivity contribution in [2.24, 2.45) is 0 Å². The fraction of sp³-hybridized carbons (Fsp3) is 0.375. The van der Waals surface area contributed by atoms with E-state index in [0.717, 1.165) is 24.2 Å². The van der Waals surface area contributed by atoms with Crippen LogP contribution in [-0.4, -0.2) is 57.5 Å². The molecule has 3 aromatic rings. The molecular weight excluding hydrogens is 408 g/mol. The van der Waals surface area contributed by atoms with Crippen molar-refractivity contribution in [2.45, 2.75) is 31.5 Å². The van der Waals surface area contributed by atoms with Gasteiger partial charge >= 0.3 is 0 Å². The number of hydrogen-bond donors (Lipinski definition) is 0. The lowest BCUT2D eigenvalue weighted by Crippen LogP contribution is -2.59. The molecule has 1 spiro atoms. The average Bonchev–Trinajstić information content (AvgIpc) is 3.37. The summed E-state index contributed by atoms with van der Waals surface area (Å²) in [5, 5.41) is 0. The van der Waals surface area contributed by atoms with E-state index < -0.39 is 5.60 Å². The zero-order chi connectivity index (χ0) is 21.3. The van der Waals surface area contributed by atoms with Gasteiger partial charge in [-0.05, 0) is 48.4 Å². The zero-order valence-electron chi connectivity index (χ0n) is 17.6. The number of rotatable bonds is 5. The van der Waals surface area contributed by atoms with Crippen LogP contribution in [0.1, 0.15) is 26.8 Å². The van der Waals surface area contributed by atoms with E-state index in [9.17, 15) is 4.79 Å². The van der Waals surface area contributed by atoms with E-state index in [-0.39, 0.29) is 11.8 Å². The lowest BCUT2D eigenvalue weighted by atomic mass is 9.83. The van der Waals surface area contributed by atoms with Crippen LogP contribution in [0.2, 0.25) is 0 Å². The highest BCUT2D eigenvalue weighted by atomic mass is 32.1. The molecule has 0 N–H and O–H groups in total. The van der Waals surface area contributed by atoms with Crippen molar-refractivity contribution >= 4 is 17.2 Å². The van der Waals surface area contributed by atoms with E-state index in [1.807, 2.05) is 40.6 Å². The molecule has 5 rings (SSSR count). The third-order valence-electron chi connectivity index (χ3n) is 6.22. The number of aryl methyl sites for hydroxylation is 1. The van der Waals surface area contributed by atoms with Crippen LogP contribution in [0.15, 0.2) is 61.2 Å². The first kappa shape index (κ1) is 20.3. The minimum absolute atomic E-state index is 0.0463. The molecule has 2 fully saturated rings. The van der Waals surface area contributed by atoms with E-state index in [0.29, 0.717) is 26.2 Å². The van der Waals surface area contributed by atoms with Crippen LogP contribution in [0, 0.1) is 6.92 Å². The summed E-state index contributed by atoms with van der Waals surface area (Å²) >= 11 is 1.81. The standard InChI is InChI=1S/C24H26N4O2S/c1-18-4-5-21(31-18)15-27-16-22(20-3-2-8-26-13-20)24(17-27)23(29)28(11-12-30-24)14-19-6-9-25-10-7-19/h2-10,13,22H,11-12,14-17H2,1H3/t22-,24+/m0/s1. The molecule has 0 aliphatic carbocycles. The molecule has 3 aromatic heterocycles. The van der Waals surface area contributed by atoms with Crippen LogP contribution in [0.4, 0.5) is 0 Å². The van der Waals surface area contributed by atoms with Crippen molar-refractivity contribution in [3.63, 3.8) is 0 Å². The van der Waals surface area contributed by atoms with Crippen LogP contribution in [0.3, 0.4) is 0 Å². The maximum Gasteiger partial charge on any atom is 0.257 e. The Morgan fingerprint density at radius 1 is 1.13 bits per heavy atom. The highest BCUT2D eigenvalue weighted by Gasteiger charge is 2.57. The van der Waals surface area contributed by atoms with Gasteiger partial charge in [0.05, 0.1) is 6.61 Å². The quantitative estimate of drug-likeness (QED) is 0.617. The Kier molecular flexibility index (Phi) is 5.56. The molecule has 6 nitrogen and oxygen atoms in total. The lowest BCUT2D eigenvalue weighted by molar-refractivity contribution is -0.173. The average molecular weight is 435 g/mol. The topological polar surface area (TPSA) is 58.6 Å². The minimum atomic E-state index is -0.874. The fourth-order valence-corrected chi connectivity index (χ4v) is 5.70. The molecule has 2 atom stereocenters. The Hall–Kier alpha value is -2.61. The molecule has 2 saturated heterocycles. The third-order valence-corrected chi connectivity index (χ3v) is 7.20. The second-order valence-corrected chi connectivity index (χ2v) is 9.71. The van der Waals surface area contributed by atoms with Gasteiger partial charge in [-0.25, -0.2) is 0 Å². The second kappa shape index (κ2) is 8.49. The van der Waals surface area contributed by atoms with Gasteiger partial charge in [0.1, 0.15) is 0 Å². The van der Waals surface area contributed by atoms with Gasteiger partial charge in [-0.1, -0.05) is 6.07 Å². The van der Waals surface area contributed by atoms with E-state index >= 15 is 0 Å². The molecule has 2 aliphatic heterocycles. The monoisotopic (exact) mass is 434 g/mol. The van der Waals surface area contributed by atoms with Crippen LogP contribution >= 0.6 is 11.3 Å². The zero-order valence-corrected chi connectivity index (χ0v) is 18.4. The number of ether oxygens (including phenoxy) is 1. The summed E-state index contributed by atoms with van der Waals surface area (Å²) in [6.45, 7) is 6.05. The summed E-state index contributed by atoms with van der Waals surface area (Å²) in [5.41, 5.74) is 1.27. The summed E-state index contributed by atoms with van der Waals surface area (Å²) in [5.74, 6) is 0.0317. The normalized spacial score (nSPS) is 24.2. The predicted octanol–water partition coefficient (Wildman–Crippen LogP) is 3.24. The van der Waals surface area contributed by atoms with Crippen molar-refractivity contribution in [1.82, 2.24) is 19.8 Å². The highest BCUT2D eigenvalue weighted by molar-refractivity contribution is 7.11. The second-order valence-electron chi connectivity index (χ2n) is 8.34. The molecule has 0 bridgehead atoms. The molecule has 7 heteroatoms. The van der Waals surface area contributed by atoms with Crippen molar-refractivity contribution < 1.29 is 9.53 Å². The summed E-state index contributed by atoms with van der Waals surface area (Å²) in [4.78, 5) is 29.2. The molecule has 5 heterocycles. The fourth-order valence-electron chi connectivity index (χ4n) is 4.77. The third kappa shape index (κ3) is 4.01. The summed E-state index contributed by atoms with van der Waals surface area (Å²) in [6.07, 6.45) is 7.20. The summed E-state index contributed by atoms with van der Waals surface area (Å²) < 4.78 is 6.38. The van der Waals surface area contributed by atoms with Crippen molar-refractivity contribution in [2.75, 3.05) is 26.2 Å². The van der Waals surface area contributed by atoms with Gasteiger partial charge in [0.15, 0.2) is 5.60 Å². The number of carbonyl (C=O) groups is 1. The van der Waals surface area contributed by atoms with E-state index in [4.69, 9.17) is 4.74 Å². The van der Waals surface area contributed by atoms with Crippen molar-refractivity contribution in [3.8, 4) is 0 Å². The first-order valence-corrected chi connectivity index (χ1v) is 11.5. The van der Waals surface area contributed by atoms with E-state index in [2.05, 4.69) is 40.0 Å². The Labute approximate surface area is 186 Å². The molecule has 0 radical (unpaired) electrons. The number of morpholine rings is 1. The number of amides is 1. The van der Waals surface area contributed by atoms with Gasteiger partial charge in [0.25, 0.3) is 5.91 Å². The summed E-state index contributed by atoms with van der Waals surface area (Å²) in [7, 11) is 0. The Morgan fingerprint density at radius 3 is 2.74 bits per heavy atom. The van der Waals surface area contributed by atoms with Gasteiger partial charge in [-0.2, -0.15) is 0 Å². The number of aromatic nitrogens is 2. The van der Waals surface area contributed by atoms with Crippen molar-refractivity contribution in [3.05, 3.63) is 82.1 Å². The van der Waals surface area contributed by atoms with Crippen LogP contribution in [0.5, 0.6) is 0 Å². The SMILES string of the molecule is Cc1ccc(CN2C[C@@H](c3cccnc3)[C@@]3(C2)OCCN(Cc2ccncc2)C3=O)s1. The molecule has 0 aromatic carbocycles. The van der Waals surface area contributed by atoms with Crippen LogP contribution in [0.25, 0.3) is 0 Å². The molecule has 0 saturated carbocycles. The maximum atomic E-state index is 13.9. The van der Waals surface area contributed by atoms with Crippen LogP contribution < -0.4 is 0 Å². The van der Waals surface area contributed by atoms with Gasteiger partial charge in [-0.15, -0.1) is 11.3 Å². The Morgan fingerprint density at radius 2 is 2.00 bits per heavy atom. The number of carbonyl (C=O) groups excluding carboxylic acids is 1. The number of nitrogens with zero attached hydrogens (tertiary/aromatic N) is 4. The Bertz CT molecular complexity index is 1040. The first-order valence-electron chi connectivity index (χ1n) is 10.6. The number of hydrogen-bond acceptors (Lipinski definition) is 6. The van der Waals surface area contributed by atoms with Gasteiger partial charge in [0, 0.05) is 73.2 Å². The molecule has 1 amide bonds. The number of pyridine rings is 2. The molecule has 2 aliphatic rings. The molecular formula is C24H26N4O2S. The highest BCUT2D eigenvalue weighted by Crippen LogP contribution is 2.42. The minimum Gasteiger partial charge on any atom is -0.361 e. The summed E-state index contributed by atoms with van der Waals surface area (Å²) in [6, 6.07) is 12.3. The Balaban J connectivity index is 1.44. The molecule has 31 heavy (non-hydrogen) atoms. The van der Waals surface area contributed by atoms with Crippen molar-refractivity contribution in [1.29, 1.82) is 0 Å². The largest absolute Gasteiger partial charge is 0.361 e. The predicted molar refractivity (Wildman–Crippen MR) is 120 cm³/mol. The van der Waals surface area contributed by atoms with Gasteiger partial charge < -0.3 is 9.64 Å². The maximum absolute atomic E-state index is 13.9. The number of thiophene rings is 1. The smallest absolute Gasteiger partial charge is 0.257 e. The molecule has 0 unspecified atom stereocenters. The molecule has 160 valence electrons. The van der Waals surface area contributed by atoms with Gasteiger partial charge in [0.2, 0.25) is 0 Å². The first-order chi connectivity index (χ1) is 15.1.